The number of hydrogen-bond acceptors (Lipinski definition) is 4. The Hall–Kier alpha value is -8.60. The summed E-state index contributed by atoms with van der Waals surface area (Å²) in [6.07, 6.45) is 0. The van der Waals surface area contributed by atoms with E-state index in [-0.39, 0.29) is 10.8 Å². The molecule has 2 aliphatic rings. The number of fused-ring (bicyclic) bond motifs is 18. The van der Waals surface area contributed by atoms with Gasteiger partial charge in [0, 0.05) is 44.6 Å². The molecule has 0 amide bonds. The summed E-state index contributed by atoms with van der Waals surface area (Å²) >= 11 is 0. The fraction of sp³-hybridized carbons (Fsp3) is 0.130. The molecule has 0 bridgehead atoms. The molecule has 2 aliphatic carbocycles. The first-order chi connectivity index (χ1) is 35.5. The van der Waals surface area contributed by atoms with Crippen molar-refractivity contribution in [2.75, 3.05) is 9.80 Å². The van der Waals surface area contributed by atoms with E-state index in [4.69, 9.17) is 8.83 Å². The maximum Gasteiger partial charge on any atom is 0.145 e. The second kappa shape index (κ2) is 15.7. The Morgan fingerprint density at radius 1 is 0.342 bits per heavy atom. The first-order valence-electron chi connectivity index (χ1n) is 25.6. The van der Waals surface area contributed by atoms with Crippen LogP contribution in [0.4, 0.5) is 34.1 Å². The molecule has 0 atom stereocenters. The first kappa shape index (κ1) is 43.2. The summed E-state index contributed by atoms with van der Waals surface area (Å²) in [4.78, 5) is 4.89. The van der Waals surface area contributed by atoms with Gasteiger partial charge in [0.15, 0.2) is 0 Å². The number of nitrogens with zero attached hydrogens (tertiary/aromatic N) is 2. The molecule has 0 saturated heterocycles. The van der Waals surface area contributed by atoms with Gasteiger partial charge in [-0.3, -0.25) is 0 Å². The molecule has 0 radical (unpaired) electrons. The van der Waals surface area contributed by atoms with Crippen molar-refractivity contribution in [3.63, 3.8) is 0 Å². The lowest BCUT2D eigenvalue weighted by molar-refractivity contribution is 0.590. The summed E-state index contributed by atoms with van der Waals surface area (Å²) in [6.45, 7) is 13.7. The molecule has 1 spiro atoms. The van der Waals surface area contributed by atoms with Gasteiger partial charge in [-0.05, 0) is 128 Å². The predicted molar refractivity (Wildman–Crippen MR) is 304 cm³/mol. The van der Waals surface area contributed by atoms with Gasteiger partial charge < -0.3 is 18.6 Å². The summed E-state index contributed by atoms with van der Waals surface area (Å²) < 4.78 is 14.9. The van der Waals surface area contributed by atoms with E-state index in [9.17, 15) is 0 Å². The maximum absolute atomic E-state index is 7.46. The molecule has 4 heteroatoms. The van der Waals surface area contributed by atoms with E-state index >= 15 is 0 Å². The Kier molecular flexibility index (Phi) is 9.29. The van der Waals surface area contributed by atoms with Crippen molar-refractivity contribution >= 4 is 78.0 Å². The fourth-order valence-corrected chi connectivity index (χ4v) is 12.4. The van der Waals surface area contributed by atoms with Gasteiger partial charge in [0.25, 0.3) is 0 Å². The third-order valence-corrected chi connectivity index (χ3v) is 15.8. The van der Waals surface area contributed by atoms with Crippen molar-refractivity contribution in [3.05, 3.63) is 252 Å². The number of para-hydroxylation sites is 4. The van der Waals surface area contributed by atoms with Crippen molar-refractivity contribution in [2.24, 2.45) is 0 Å². The molecule has 73 heavy (non-hydrogen) atoms. The lowest BCUT2D eigenvalue weighted by atomic mass is 9.70. The Bertz CT molecular complexity index is 3880. The molecule has 0 fully saturated rings. The van der Waals surface area contributed by atoms with Crippen LogP contribution in [-0.4, -0.2) is 0 Å². The van der Waals surface area contributed by atoms with Crippen LogP contribution < -0.4 is 9.80 Å². The van der Waals surface area contributed by atoms with Crippen LogP contribution in [-0.2, 0) is 16.2 Å². The van der Waals surface area contributed by atoms with Gasteiger partial charge in [-0.1, -0.05) is 187 Å². The number of rotatable bonds is 6. The Labute approximate surface area is 426 Å². The molecule has 4 nitrogen and oxygen atoms in total. The lowest BCUT2D eigenvalue weighted by Crippen LogP contribution is -2.26. The predicted octanol–water partition coefficient (Wildman–Crippen LogP) is 19.4. The highest BCUT2D eigenvalue weighted by Crippen LogP contribution is 2.68. The molecule has 352 valence electrons. The molecule has 2 aromatic heterocycles. The Morgan fingerprint density at radius 2 is 0.685 bits per heavy atom. The van der Waals surface area contributed by atoms with Crippen LogP contribution in [0.3, 0.4) is 0 Å². The SMILES string of the molecule is CC(C)(C)c1ccc(N(c2ccccc2)c2cc3c(c4oc5ccccc5c24)-c2c(cc(N(c4ccccc4)c4ccc(C(C)(C)C)cc4)c4c2oc2ccccc24)C32c3ccccc3-c3ccccc32)cc1. The second-order valence-electron chi connectivity index (χ2n) is 22.0. The second-order valence-corrected chi connectivity index (χ2v) is 22.0. The quantitative estimate of drug-likeness (QED) is 0.166. The zero-order chi connectivity index (χ0) is 49.4. The molecule has 2 heterocycles. The third-order valence-electron chi connectivity index (χ3n) is 15.8. The minimum Gasteiger partial charge on any atom is -0.455 e. The van der Waals surface area contributed by atoms with E-state index in [2.05, 4.69) is 270 Å². The van der Waals surface area contributed by atoms with E-state index in [1.807, 2.05) is 0 Å². The summed E-state index contributed by atoms with van der Waals surface area (Å²) in [6, 6.07) is 80.2. The topological polar surface area (TPSA) is 32.8 Å². The average Bonchev–Trinajstić information content (AvgIpc) is 4.18. The standard InChI is InChI=1S/C69H54N2O2/c1-67(2,3)43-33-37-47(38-34-43)70(45-21-9-7-10-22-45)57-41-55-63(65-61(57)51-27-15-19-31-59(51)72-65)64-56(69(55)53-29-17-13-25-49(53)50-26-14-18-30-54(50)69)42-58(62-52-28-16-20-32-60(52)73-66(62)64)71(46-23-11-8-12-24-46)48-39-35-44(36-40-48)68(4,5)6/h7-42H,1-6H3. The zero-order valence-electron chi connectivity index (χ0n) is 42.0. The van der Waals surface area contributed by atoms with Gasteiger partial charge in [0.05, 0.1) is 27.6 Å². The zero-order valence-corrected chi connectivity index (χ0v) is 42.0. The highest BCUT2D eigenvalue weighted by Gasteiger charge is 2.55. The summed E-state index contributed by atoms with van der Waals surface area (Å²) in [7, 11) is 0. The van der Waals surface area contributed by atoms with Gasteiger partial charge in [-0.15, -0.1) is 0 Å². The number of furan rings is 2. The number of hydrogen-bond donors (Lipinski definition) is 0. The largest absolute Gasteiger partial charge is 0.455 e. The molecule has 0 N–H and O–H groups in total. The van der Waals surface area contributed by atoms with Crippen molar-refractivity contribution in [1.82, 2.24) is 0 Å². The summed E-state index contributed by atoms with van der Waals surface area (Å²) in [5.41, 5.74) is 20.8. The molecule has 14 rings (SSSR count). The monoisotopic (exact) mass is 942 g/mol. The van der Waals surface area contributed by atoms with Gasteiger partial charge in [0.2, 0.25) is 0 Å². The maximum atomic E-state index is 7.46. The average molecular weight is 943 g/mol. The van der Waals surface area contributed by atoms with Crippen LogP contribution in [0.15, 0.2) is 227 Å². The van der Waals surface area contributed by atoms with Crippen molar-refractivity contribution < 1.29 is 8.83 Å². The summed E-state index contributed by atoms with van der Waals surface area (Å²) in [5, 5.41) is 4.23. The summed E-state index contributed by atoms with van der Waals surface area (Å²) in [5.74, 6) is 0. The van der Waals surface area contributed by atoms with E-state index < -0.39 is 5.41 Å². The molecule has 10 aromatic carbocycles. The van der Waals surface area contributed by atoms with Crippen LogP contribution in [0.1, 0.15) is 74.9 Å². The molecule has 0 aliphatic heterocycles. The lowest BCUT2D eigenvalue weighted by Gasteiger charge is -2.33. The Balaban J connectivity index is 1.18. The van der Waals surface area contributed by atoms with Gasteiger partial charge in [-0.2, -0.15) is 0 Å². The molecular weight excluding hydrogens is 889 g/mol. The van der Waals surface area contributed by atoms with Crippen LogP contribution in [0.2, 0.25) is 0 Å². The van der Waals surface area contributed by atoms with Crippen LogP contribution >= 0.6 is 0 Å². The number of anilines is 6. The fourth-order valence-electron chi connectivity index (χ4n) is 12.4. The van der Waals surface area contributed by atoms with E-state index in [1.54, 1.807) is 0 Å². The highest BCUT2D eigenvalue weighted by molar-refractivity contribution is 6.25. The van der Waals surface area contributed by atoms with E-state index in [0.717, 1.165) is 100 Å². The Morgan fingerprint density at radius 3 is 1.08 bits per heavy atom. The van der Waals surface area contributed by atoms with Crippen LogP contribution in [0.25, 0.3) is 66.1 Å². The highest BCUT2D eigenvalue weighted by atomic mass is 16.3. The normalized spacial score (nSPS) is 13.5. The molecule has 0 unspecified atom stereocenters. The van der Waals surface area contributed by atoms with Crippen LogP contribution in [0, 0.1) is 0 Å². The van der Waals surface area contributed by atoms with Crippen LogP contribution in [0.5, 0.6) is 0 Å². The van der Waals surface area contributed by atoms with Gasteiger partial charge in [0.1, 0.15) is 22.3 Å². The molecule has 12 aromatic rings. The van der Waals surface area contributed by atoms with Gasteiger partial charge in [-0.25, -0.2) is 0 Å². The molecule has 0 saturated carbocycles. The number of benzene rings is 10. The smallest absolute Gasteiger partial charge is 0.145 e. The van der Waals surface area contributed by atoms with Crippen molar-refractivity contribution in [3.8, 4) is 22.3 Å². The third kappa shape index (κ3) is 6.26. The minimum atomic E-state index is -0.793. The first-order valence-corrected chi connectivity index (χ1v) is 25.6. The van der Waals surface area contributed by atoms with Crippen molar-refractivity contribution in [2.45, 2.75) is 57.8 Å². The van der Waals surface area contributed by atoms with E-state index in [0.29, 0.717) is 0 Å². The molecular formula is C69H54N2O2. The minimum absolute atomic E-state index is 0.00801. The van der Waals surface area contributed by atoms with Gasteiger partial charge >= 0.3 is 0 Å². The van der Waals surface area contributed by atoms with E-state index in [1.165, 1.54) is 33.4 Å². The van der Waals surface area contributed by atoms with Crippen molar-refractivity contribution in [1.29, 1.82) is 0 Å².